The number of thioether (sulfide) groups is 1. The van der Waals surface area contributed by atoms with Crippen molar-refractivity contribution >= 4 is 44.9 Å². The number of rotatable bonds is 5. The number of amides is 1. The van der Waals surface area contributed by atoms with Crippen molar-refractivity contribution in [1.82, 2.24) is 9.55 Å². The molecule has 168 valence electrons. The summed E-state index contributed by atoms with van der Waals surface area (Å²) >= 11 is 2.83. The molecule has 0 saturated heterocycles. The average Bonchev–Trinajstić information content (AvgIpc) is 3.42. The fourth-order valence-electron chi connectivity index (χ4n) is 4.69. The van der Waals surface area contributed by atoms with Gasteiger partial charge in [-0.15, -0.1) is 11.3 Å². The molecule has 0 atom stereocenters. The zero-order chi connectivity index (χ0) is 22.2. The van der Waals surface area contributed by atoms with Crippen molar-refractivity contribution in [2.24, 2.45) is 0 Å². The number of anilines is 1. The van der Waals surface area contributed by atoms with Gasteiger partial charge >= 0.3 is 0 Å². The highest BCUT2D eigenvalue weighted by atomic mass is 32.2. The molecule has 0 radical (unpaired) electrons. The van der Waals surface area contributed by atoms with E-state index in [2.05, 4.69) is 5.32 Å². The highest BCUT2D eigenvalue weighted by Gasteiger charge is 2.27. The summed E-state index contributed by atoms with van der Waals surface area (Å²) in [4.78, 5) is 33.0. The molecule has 1 saturated carbocycles. The molecule has 5 rings (SSSR count). The number of hydrogen-bond donors (Lipinski definition) is 1. The van der Waals surface area contributed by atoms with E-state index >= 15 is 0 Å². The molecule has 2 aromatic heterocycles. The van der Waals surface area contributed by atoms with Gasteiger partial charge in [0, 0.05) is 22.7 Å². The van der Waals surface area contributed by atoms with E-state index in [-0.39, 0.29) is 28.9 Å². The summed E-state index contributed by atoms with van der Waals surface area (Å²) in [5.41, 5.74) is 1.38. The SMILES string of the molecule is O=C(CSc1nc2sc3c(c2c(=O)n1C1CCCC1)CCCC3)Nc1ccc(F)c(F)c1. The van der Waals surface area contributed by atoms with Gasteiger partial charge in [-0.25, -0.2) is 13.8 Å². The van der Waals surface area contributed by atoms with E-state index in [1.165, 1.54) is 28.3 Å². The van der Waals surface area contributed by atoms with Crippen molar-refractivity contribution in [3.8, 4) is 0 Å². The fourth-order valence-corrected chi connectivity index (χ4v) is 6.86. The molecule has 9 heteroatoms. The molecule has 32 heavy (non-hydrogen) atoms. The first-order chi connectivity index (χ1) is 15.5. The minimum atomic E-state index is -1.01. The molecule has 2 heterocycles. The van der Waals surface area contributed by atoms with Gasteiger partial charge in [0.2, 0.25) is 5.91 Å². The van der Waals surface area contributed by atoms with Crippen molar-refractivity contribution in [3.05, 3.63) is 50.6 Å². The van der Waals surface area contributed by atoms with Crippen molar-refractivity contribution in [2.75, 3.05) is 11.1 Å². The standard InChI is InChI=1S/C23H23F2N3O2S2/c24-16-10-9-13(11-17(16)25)26-19(29)12-31-23-27-21-20(15-7-3-4-8-18(15)32-21)22(30)28(23)14-5-1-2-6-14/h9-11,14H,1-8,12H2,(H,26,29). The number of benzene rings is 1. The number of halogens is 2. The van der Waals surface area contributed by atoms with Crippen LogP contribution in [0.3, 0.4) is 0 Å². The van der Waals surface area contributed by atoms with Crippen LogP contribution >= 0.6 is 23.1 Å². The lowest BCUT2D eigenvalue weighted by atomic mass is 9.97. The van der Waals surface area contributed by atoms with Crippen LogP contribution in [0.2, 0.25) is 0 Å². The van der Waals surface area contributed by atoms with E-state index in [4.69, 9.17) is 4.98 Å². The Morgan fingerprint density at radius 3 is 2.72 bits per heavy atom. The maximum absolute atomic E-state index is 13.6. The Balaban J connectivity index is 1.44. The van der Waals surface area contributed by atoms with Gasteiger partial charge in [0.15, 0.2) is 16.8 Å². The predicted octanol–water partition coefficient (Wildman–Crippen LogP) is 5.46. The number of fused-ring (bicyclic) bond motifs is 3. The van der Waals surface area contributed by atoms with Crippen LogP contribution in [0.1, 0.15) is 55.0 Å². The molecule has 0 unspecified atom stereocenters. The van der Waals surface area contributed by atoms with Crippen LogP contribution in [0.4, 0.5) is 14.5 Å². The number of nitrogens with zero attached hydrogens (tertiary/aromatic N) is 2. The third-order valence-electron chi connectivity index (χ3n) is 6.21. The number of thiophene rings is 1. The Kier molecular flexibility index (Phi) is 6.03. The van der Waals surface area contributed by atoms with E-state index in [0.29, 0.717) is 5.16 Å². The monoisotopic (exact) mass is 475 g/mol. The van der Waals surface area contributed by atoms with Crippen molar-refractivity contribution in [3.63, 3.8) is 0 Å². The lowest BCUT2D eigenvalue weighted by molar-refractivity contribution is -0.113. The van der Waals surface area contributed by atoms with Gasteiger partial charge in [-0.2, -0.15) is 0 Å². The average molecular weight is 476 g/mol. The maximum atomic E-state index is 13.6. The summed E-state index contributed by atoms with van der Waals surface area (Å²) < 4.78 is 28.3. The molecule has 0 aliphatic heterocycles. The molecule has 5 nitrogen and oxygen atoms in total. The molecule has 3 aromatic rings. The molecule has 0 spiro atoms. The molecule has 1 N–H and O–H groups in total. The molecule has 1 amide bonds. The van der Waals surface area contributed by atoms with Gasteiger partial charge in [-0.05, 0) is 56.2 Å². The zero-order valence-electron chi connectivity index (χ0n) is 17.5. The Morgan fingerprint density at radius 1 is 1.16 bits per heavy atom. The van der Waals surface area contributed by atoms with Crippen molar-refractivity contribution < 1.29 is 13.6 Å². The molecule has 2 aliphatic carbocycles. The highest BCUT2D eigenvalue weighted by molar-refractivity contribution is 7.99. The van der Waals surface area contributed by atoms with Crippen LogP contribution in [0.15, 0.2) is 28.2 Å². The first kappa shape index (κ1) is 21.6. The van der Waals surface area contributed by atoms with Gasteiger partial charge in [0.25, 0.3) is 5.56 Å². The minimum Gasteiger partial charge on any atom is -0.325 e. The largest absolute Gasteiger partial charge is 0.325 e. The van der Waals surface area contributed by atoms with Gasteiger partial charge in [-0.3, -0.25) is 14.2 Å². The second-order valence-corrected chi connectivity index (χ2v) is 10.4. The first-order valence-corrected chi connectivity index (χ1v) is 12.8. The minimum absolute atomic E-state index is 0.0183. The van der Waals surface area contributed by atoms with E-state index in [1.807, 2.05) is 4.57 Å². The van der Waals surface area contributed by atoms with Crippen LogP contribution in [-0.2, 0) is 17.6 Å². The molecule has 0 bridgehead atoms. The molecule has 1 aromatic carbocycles. The summed E-state index contributed by atoms with van der Waals surface area (Å²) in [6, 6.07) is 3.35. The van der Waals surface area contributed by atoms with Gasteiger partial charge < -0.3 is 5.32 Å². The van der Waals surface area contributed by atoms with Crippen LogP contribution in [-0.4, -0.2) is 21.2 Å². The van der Waals surface area contributed by atoms with Crippen molar-refractivity contribution in [2.45, 2.75) is 62.6 Å². The van der Waals surface area contributed by atoms with Crippen LogP contribution in [0.25, 0.3) is 10.2 Å². The third kappa shape index (κ3) is 4.08. The summed E-state index contributed by atoms with van der Waals surface area (Å²) in [5, 5.41) is 3.92. The number of aryl methyl sites for hydroxylation is 2. The topological polar surface area (TPSA) is 64.0 Å². The van der Waals surface area contributed by atoms with E-state index in [1.54, 1.807) is 11.3 Å². The number of aromatic nitrogens is 2. The molecular formula is C23H23F2N3O2S2. The summed E-state index contributed by atoms with van der Waals surface area (Å²) in [6.45, 7) is 0. The first-order valence-electron chi connectivity index (χ1n) is 11.0. The second kappa shape index (κ2) is 8.94. The number of hydrogen-bond acceptors (Lipinski definition) is 5. The number of carbonyl (C=O) groups excluding carboxylic acids is 1. The number of nitrogens with one attached hydrogen (secondary N) is 1. The van der Waals surface area contributed by atoms with Crippen molar-refractivity contribution in [1.29, 1.82) is 0 Å². The normalized spacial score (nSPS) is 16.4. The van der Waals surface area contributed by atoms with Crippen LogP contribution in [0.5, 0.6) is 0 Å². The molecule has 1 fully saturated rings. The van der Waals surface area contributed by atoms with E-state index in [0.717, 1.165) is 73.7 Å². The summed E-state index contributed by atoms with van der Waals surface area (Å²) in [7, 11) is 0. The summed E-state index contributed by atoms with van der Waals surface area (Å²) in [5.74, 6) is -2.32. The third-order valence-corrected chi connectivity index (χ3v) is 8.35. The maximum Gasteiger partial charge on any atom is 0.263 e. The Bertz CT molecular complexity index is 1250. The number of carbonyl (C=O) groups is 1. The lowest BCUT2D eigenvalue weighted by Crippen LogP contribution is -2.27. The smallest absolute Gasteiger partial charge is 0.263 e. The Labute approximate surface area is 192 Å². The predicted molar refractivity (Wildman–Crippen MR) is 124 cm³/mol. The highest BCUT2D eigenvalue weighted by Crippen LogP contribution is 2.37. The zero-order valence-corrected chi connectivity index (χ0v) is 19.1. The van der Waals surface area contributed by atoms with Gasteiger partial charge in [-0.1, -0.05) is 24.6 Å². The quantitative estimate of drug-likeness (QED) is 0.393. The Morgan fingerprint density at radius 2 is 1.94 bits per heavy atom. The summed E-state index contributed by atoms with van der Waals surface area (Å²) in [6.07, 6.45) is 8.21. The van der Waals surface area contributed by atoms with Crippen LogP contribution in [0, 0.1) is 11.6 Å². The van der Waals surface area contributed by atoms with E-state index < -0.39 is 11.6 Å². The second-order valence-electron chi connectivity index (χ2n) is 8.36. The van der Waals surface area contributed by atoms with E-state index in [9.17, 15) is 18.4 Å². The Hall–Kier alpha value is -2.26. The molecule has 2 aliphatic rings. The van der Waals surface area contributed by atoms with Gasteiger partial charge in [0.05, 0.1) is 11.1 Å². The van der Waals surface area contributed by atoms with Crippen LogP contribution < -0.4 is 10.9 Å². The lowest BCUT2D eigenvalue weighted by Gasteiger charge is -2.18. The molecular weight excluding hydrogens is 452 g/mol. The fraction of sp³-hybridized carbons (Fsp3) is 0.435. The van der Waals surface area contributed by atoms with Gasteiger partial charge in [0.1, 0.15) is 4.83 Å².